The number of hydrogen-bond acceptors (Lipinski definition) is 2. The standard InChI is InChI=1S/C3H7NO2.U/c1-2-6-3(4)5;/h2H2,1H3,(H2,4,5);/p-1. The summed E-state index contributed by atoms with van der Waals surface area (Å²) in [6.45, 7) is 1.95. The zero-order chi connectivity index (χ0) is 4.99. The largest absolute Gasteiger partial charge is 0.632 e. The van der Waals surface area contributed by atoms with Gasteiger partial charge in [0.15, 0.2) is 0 Å². The minimum Gasteiger partial charge on any atom is -0.632 e. The average Bonchev–Trinajstić information content (AvgIpc) is 1.35. The fourth-order valence-electron chi connectivity index (χ4n) is 0.131. The van der Waals surface area contributed by atoms with E-state index in [-0.39, 0.29) is 31.1 Å². The Bertz CT molecular complexity index is 56.9. The number of hydrogen-bond donors (Lipinski definition) is 0. The molecule has 0 atom stereocenters. The van der Waals surface area contributed by atoms with Crippen LogP contribution < -0.4 is 0 Å². The van der Waals surface area contributed by atoms with Gasteiger partial charge in [0, 0.05) is 31.1 Å². The molecule has 40 valence electrons. The fraction of sp³-hybridized carbons (Fsp3) is 0.667. The molecule has 3 nitrogen and oxygen atoms in total. The van der Waals surface area contributed by atoms with Gasteiger partial charge in [0.2, 0.25) is 6.09 Å². The smallest absolute Gasteiger partial charge is 0.227 e. The van der Waals surface area contributed by atoms with Crippen molar-refractivity contribution in [1.82, 2.24) is 0 Å². The third-order valence-electron chi connectivity index (χ3n) is 0.275. The normalized spacial score (nSPS) is 6.43. The Morgan fingerprint density at radius 2 is 2.29 bits per heavy atom. The minimum atomic E-state index is -0.961. The van der Waals surface area contributed by atoms with Crippen LogP contribution in [0.4, 0.5) is 4.79 Å². The molecule has 7 heavy (non-hydrogen) atoms. The van der Waals surface area contributed by atoms with Crippen molar-refractivity contribution >= 4 is 6.09 Å². The van der Waals surface area contributed by atoms with Crippen molar-refractivity contribution in [2.24, 2.45) is 0 Å². The maximum absolute atomic E-state index is 9.49. The number of ether oxygens (including phenoxy) is 1. The van der Waals surface area contributed by atoms with Gasteiger partial charge in [-0.3, -0.25) is 4.79 Å². The van der Waals surface area contributed by atoms with E-state index in [0.717, 1.165) is 0 Å². The number of nitrogens with one attached hydrogen (secondary N) is 1. The van der Waals surface area contributed by atoms with E-state index in [0.29, 0.717) is 6.61 Å². The molecular formula is C3H6NO2U-. The van der Waals surface area contributed by atoms with Crippen LogP contribution >= 0.6 is 0 Å². The second-order valence-electron chi connectivity index (χ2n) is 0.720. The van der Waals surface area contributed by atoms with Crippen molar-refractivity contribution in [3.8, 4) is 0 Å². The molecule has 0 spiro atoms. The Morgan fingerprint density at radius 1 is 1.86 bits per heavy atom. The van der Waals surface area contributed by atoms with E-state index in [1.54, 1.807) is 6.92 Å². The zero-order valence-corrected chi connectivity index (χ0v) is 8.19. The topological polar surface area (TPSA) is 50.1 Å². The van der Waals surface area contributed by atoms with E-state index in [1.807, 2.05) is 0 Å². The van der Waals surface area contributed by atoms with E-state index in [9.17, 15) is 4.79 Å². The molecule has 1 amide bonds. The summed E-state index contributed by atoms with van der Waals surface area (Å²) in [7, 11) is 0. The van der Waals surface area contributed by atoms with Gasteiger partial charge in [-0.05, 0) is 6.92 Å². The number of carbonyl (C=O) groups excluding carboxylic acids is 1. The average molecular weight is 326 g/mol. The summed E-state index contributed by atoms with van der Waals surface area (Å²) < 4.78 is 4.07. The third-order valence-corrected chi connectivity index (χ3v) is 0.275. The van der Waals surface area contributed by atoms with Gasteiger partial charge in [0.05, 0.1) is 6.61 Å². The van der Waals surface area contributed by atoms with Crippen LogP contribution in [0.5, 0.6) is 0 Å². The Hall–Kier alpha value is 0.322. The van der Waals surface area contributed by atoms with Crippen LogP contribution in [0, 0.1) is 31.1 Å². The maximum atomic E-state index is 9.49. The molecule has 0 bridgehead atoms. The van der Waals surface area contributed by atoms with Crippen LogP contribution in [-0.2, 0) is 4.74 Å². The summed E-state index contributed by atoms with van der Waals surface area (Å²) in [4.78, 5) is 9.49. The van der Waals surface area contributed by atoms with Crippen molar-refractivity contribution in [1.29, 1.82) is 0 Å². The quantitative estimate of drug-likeness (QED) is 0.727. The predicted molar refractivity (Wildman–Crippen MR) is 21.3 cm³/mol. The molecule has 0 unspecified atom stereocenters. The van der Waals surface area contributed by atoms with Gasteiger partial charge in [-0.2, -0.15) is 0 Å². The molecule has 0 aromatic carbocycles. The molecule has 0 aliphatic heterocycles. The van der Waals surface area contributed by atoms with Gasteiger partial charge >= 0.3 is 0 Å². The first-order valence-corrected chi connectivity index (χ1v) is 1.65. The Labute approximate surface area is 66.0 Å². The first kappa shape index (κ1) is 10.3. The second-order valence-corrected chi connectivity index (χ2v) is 0.720. The summed E-state index contributed by atoms with van der Waals surface area (Å²) in [5, 5.41) is 0. The molecule has 0 saturated carbocycles. The molecule has 0 radical (unpaired) electrons. The summed E-state index contributed by atoms with van der Waals surface area (Å²) in [6.07, 6.45) is -0.961. The third kappa shape index (κ3) is 10.7. The summed E-state index contributed by atoms with van der Waals surface area (Å²) in [5.41, 5.74) is 6.12. The van der Waals surface area contributed by atoms with Crippen LogP contribution in [0.1, 0.15) is 6.92 Å². The Kier molecular flexibility index (Phi) is 9.33. The molecule has 4 heteroatoms. The van der Waals surface area contributed by atoms with Gasteiger partial charge in [0.1, 0.15) is 0 Å². The molecule has 0 aromatic rings. The number of amides is 1. The van der Waals surface area contributed by atoms with Gasteiger partial charge in [-0.15, -0.1) is 0 Å². The van der Waals surface area contributed by atoms with Crippen LogP contribution in [0.2, 0.25) is 0 Å². The molecule has 0 saturated heterocycles. The van der Waals surface area contributed by atoms with Gasteiger partial charge in [0.25, 0.3) is 0 Å². The van der Waals surface area contributed by atoms with Crippen molar-refractivity contribution in [2.75, 3.05) is 6.61 Å². The molecule has 1 N–H and O–H groups in total. The van der Waals surface area contributed by atoms with Crippen molar-refractivity contribution in [3.63, 3.8) is 0 Å². The Balaban J connectivity index is 0. The molecule has 0 heterocycles. The fourth-order valence-corrected chi connectivity index (χ4v) is 0.131. The van der Waals surface area contributed by atoms with Crippen molar-refractivity contribution in [2.45, 2.75) is 6.92 Å². The summed E-state index contributed by atoms with van der Waals surface area (Å²) >= 11 is 0. The summed E-state index contributed by atoms with van der Waals surface area (Å²) in [5.74, 6) is 0. The zero-order valence-electron chi connectivity index (χ0n) is 4.02. The Morgan fingerprint density at radius 3 is 2.29 bits per heavy atom. The predicted octanol–water partition coefficient (Wildman–Crippen LogP) is 1.20. The van der Waals surface area contributed by atoms with Crippen LogP contribution in [0.3, 0.4) is 0 Å². The monoisotopic (exact) mass is 326 g/mol. The molecule has 0 rings (SSSR count). The molecule has 0 aromatic heterocycles. The molecule has 0 aliphatic carbocycles. The maximum Gasteiger partial charge on any atom is 0.227 e. The first-order valence-electron chi connectivity index (χ1n) is 1.65. The van der Waals surface area contributed by atoms with E-state index in [4.69, 9.17) is 5.73 Å². The molecule has 0 fully saturated rings. The van der Waals surface area contributed by atoms with E-state index >= 15 is 0 Å². The van der Waals surface area contributed by atoms with Crippen molar-refractivity contribution in [3.05, 3.63) is 5.73 Å². The number of rotatable bonds is 1. The summed E-state index contributed by atoms with van der Waals surface area (Å²) in [6, 6.07) is 0. The minimum absolute atomic E-state index is 0. The van der Waals surface area contributed by atoms with Crippen LogP contribution in [-0.4, -0.2) is 12.7 Å². The van der Waals surface area contributed by atoms with Gasteiger partial charge < -0.3 is 10.5 Å². The van der Waals surface area contributed by atoms with E-state index < -0.39 is 6.09 Å². The molecule has 0 aliphatic rings. The second kappa shape index (κ2) is 6.32. The van der Waals surface area contributed by atoms with Gasteiger partial charge in [-0.1, -0.05) is 0 Å². The van der Waals surface area contributed by atoms with Gasteiger partial charge in [-0.25, -0.2) is 0 Å². The number of carbonyl (C=O) groups is 1. The van der Waals surface area contributed by atoms with Crippen molar-refractivity contribution < 1.29 is 40.6 Å². The van der Waals surface area contributed by atoms with E-state index in [1.165, 1.54) is 0 Å². The first-order chi connectivity index (χ1) is 2.77. The van der Waals surface area contributed by atoms with E-state index in [2.05, 4.69) is 4.74 Å². The van der Waals surface area contributed by atoms with Crippen LogP contribution in [0.15, 0.2) is 0 Å². The SMILES string of the molecule is CCOC([NH-])=O.[U]. The van der Waals surface area contributed by atoms with Crippen LogP contribution in [0.25, 0.3) is 5.73 Å². The molecular weight excluding hydrogens is 320 g/mol.